The molecule has 25 heavy (non-hydrogen) atoms. The fourth-order valence-corrected chi connectivity index (χ4v) is 3.23. The summed E-state index contributed by atoms with van der Waals surface area (Å²) in [6, 6.07) is 10.6. The Morgan fingerprint density at radius 2 is 2.12 bits per heavy atom. The van der Waals surface area contributed by atoms with E-state index in [4.69, 9.17) is 10.5 Å². The van der Waals surface area contributed by atoms with Gasteiger partial charge in [0.2, 0.25) is 0 Å². The van der Waals surface area contributed by atoms with Gasteiger partial charge in [-0.3, -0.25) is 14.6 Å². The summed E-state index contributed by atoms with van der Waals surface area (Å²) in [4.78, 5) is 29.6. The van der Waals surface area contributed by atoms with Gasteiger partial charge in [0.05, 0.1) is 6.54 Å². The molecule has 1 aliphatic heterocycles. The van der Waals surface area contributed by atoms with E-state index in [1.165, 1.54) is 12.3 Å². The average molecular weight is 404 g/mol. The average Bonchev–Trinajstić information content (AvgIpc) is 2.61. The Labute approximate surface area is 154 Å². The Bertz CT molecular complexity index is 797. The van der Waals surface area contributed by atoms with Crippen molar-refractivity contribution in [3.05, 3.63) is 58.3 Å². The molecule has 1 saturated heterocycles. The third kappa shape index (κ3) is 4.36. The molecule has 0 aliphatic carbocycles. The Morgan fingerprint density at radius 1 is 1.28 bits per heavy atom. The number of hydrogen-bond donors (Lipinski definition) is 1. The molecular formula is C18H18BrN3O3. The number of carbonyl (C=O) groups is 2. The summed E-state index contributed by atoms with van der Waals surface area (Å²) in [6.45, 7) is 1.20. The molecule has 3 rings (SSSR count). The molecule has 6 nitrogen and oxygen atoms in total. The second-order valence-electron chi connectivity index (χ2n) is 5.88. The van der Waals surface area contributed by atoms with E-state index in [0.717, 1.165) is 17.3 Å². The van der Waals surface area contributed by atoms with Gasteiger partial charge in [0.25, 0.3) is 11.8 Å². The molecule has 1 unspecified atom stereocenters. The van der Waals surface area contributed by atoms with Gasteiger partial charge in [0, 0.05) is 28.8 Å². The van der Waals surface area contributed by atoms with Gasteiger partial charge in [0.15, 0.2) is 0 Å². The maximum Gasteiger partial charge on any atom is 0.267 e. The zero-order valence-electron chi connectivity index (χ0n) is 13.5. The number of amides is 2. The summed E-state index contributed by atoms with van der Waals surface area (Å²) in [5, 5.41) is 0. The second-order valence-corrected chi connectivity index (χ2v) is 6.80. The zero-order chi connectivity index (χ0) is 17.8. The maximum absolute atomic E-state index is 12.7. The van der Waals surface area contributed by atoms with Gasteiger partial charge in [-0.25, -0.2) is 0 Å². The fourth-order valence-electron chi connectivity index (χ4n) is 2.83. The van der Waals surface area contributed by atoms with Gasteiger partial charge >= 0.3 is 0 Å². The number of nitrogens with two attached hydrogens (primary N) is 1. The van der Waals surface area contributed by atoms with Crippen molar-refractivity contribution in [2.24, 2.45) is 5.73 Å². The number of halogens is 1. The third-order valence-electron chi connectivity index (χ3n) is 4.02. The summed E-state index contributed by atoms with van der Waals surface area (Å²) in [5.74, 6) is -0.0757. The van der Waals surface area contributed by atoms with Crippen molar-refractivity contribution in [2.75, 3.05) is 13.1 Å². The molecule has 1 atom stereocenters. The highest BCUT2D eigenvalue weighted by atomic mass is 79.9. The quantitative estimate of drug-likeness (QED) is 0.849. The predicted octanol–water partition coefficient (Wildman–Crippen LogP) is 2.63. The molecule has 7 heteroatoms. The lowest BCUT2D eigenvalue weighted by molar-refractivity contribution is 0.0537. The summed E-state index contributed by atoms with van der Waals surface area (Å²) in [5.41, 5.74) is 6.05. The van der Waals surface area contributed by atoms with Crippen LogP contribution < -0.4 is 10.5 Å². The van der Waals surface area contributed by atoms with Crippen molar-refractivity contribution in [1.82, 2.24) is 9.88 Å². The van der Waals surface area contributed by atoms with Gasteiger partial charge in [-0.1, -0.05) is 22.0 Å². The Hall–Kier alpha value is -2.41. The molecule has 0 saturated carbocycles. The van der Waals surface area contributed by atoms with Crippen LogP contribution in [0.4, 0.5) is 0 Å². The Morgan fingerprint density at radius 3 is 2.88 bits per heavy atom. The second kappa shape index (κ2) is 7.65. The summed E-state index contributed by atoms with van der Waals surface area (Å²) in [7, 11) is 0. The monoisotopic (exact) mass is 403 g/mol. The van der Waals surface area contributed by atoms with E-state index >= 15 is 0 Å². The minimum absolute atomic E-state index is 0.0119. The molecule has 2 N–H and O–H groups in total. The molecule has 1 aliphatic rings. The van der Waals surface area contributed by atoms with E-state index in [9.17, 15) is 9.59 Å². The molecule has 2 heterocycles. The van der Waals surface area contributed by atoms with Crippen LogP contribution in [-0.4, -0.2) is 40.9 Å². The van der Waals surface area contributed by atoms with E-state index in [1.807, 2.05) is 18.2 Å². The number of primary amides is 1. The summed E-state index contributed by atoms with van der Waals surface area (Å²) < 4.78 is 6.81. The van der Waals surface area contributed by atoms with E-state index in [1.54, 1.807) is 17.0 Å². The van der Waals surface area contributed by atoms with Crippen LogP contribution in [0.5, 0.6) is 5.75 Å². The van der Waals surface area contributed by atoms with Gasteiger partial charge in [-0.05, 0) is 37.1 Å². The molecule has 0 spiro atoms. The number of benzene rings is 1. The first-order valence-corrected chi connectivity index (χ1v) is 8.79. The number of ether oxygens (including phenoxy) is 1. The number of likely N-dealkylation sites (tertiary alicyclic amines) is 1. The van der Waals surface area contributed by atoms with Crippen LogP contribution in [0, 0.1) is 0 Å². The Balaban J connectivity index is 1.68. The maximum atomic E-state index is 12.7. The number of nitrogens with zero attached hydrogens (tertiary/aromatic N) is 2. The standard InChI is InChI=1S/C18H18BrN3O3/c19-13-4-1-3-12(9-13)18(24)22-8-2-5-15(11-22)25-14-6-7-21-16(10-14)17(20)23/h1,3-4,6-7,9-10,15H,2,5,8,11H2,(H2,20,23). The molecule has 2 amide bonds. The first-order chi connectivity index (χ1) is 12.0. The normalized spacial score (nSPS) is 17.2. The van der Waals surface area contributed by atoms with E-state index < -0.39 is 5.91 Å². The molecule has 1 aromatic heterocycles. The number of pyridine rings is 1. The minimum Gasteiger partial charge on any atom is -0.488 e. The van der Waals surface area contributed by atoms with Crippen molar-refractivity contribution in [1.29, 1.82) is 0 Å². The van der Waals surface area contributed by atoms with E-state index in [-0.39, 0.29) is 17.7 Å². The first-order valence-electron chi connectivity index (χ1n) is 8.00. The lowest BCUT2D eigenvalue weighted by Gasteiger charge is -2.33. The third-order valence-corrected chi connectivity index (χ3v) is 4.52. The van der Waals surface area contributed by atoms with Crippen molar-refractivity contribution >= 4 is 27.7 Å². The van der Waals surface area contributed by atoms with Gasteiger partial charge in [0.1, 0.15) is 17.5 Å². The predicted molar refractivity (Wildman–Crippen MR) is 96.5 cm³/mol. The first kappa shape index (κ1) is 17.4. The van der Waals surface area contributed by atoms with Crippen LogP contribution in [0.1, 0.15) is 33.7 Å². The van der Waals surface area contributed by atoms with Crippen molar-refractivity contribution in [2.45, 2.75) is 18.9 Å². The SMILES string of the molecule is NC(=O)c1cc(OC2CCCN(C(=O)c3cccc(Br)c3)C2)ccn1. The molecule has 2 aromatic rings. The number of carbonyl (C=O) groups excluding carboxylic acids is 2. The molecule has 0 radical (unpaired) electrons. The molecule has 1 aromatic carbocycles. The fraction of sp³-hybridized carbons (Fsp3) is 0.278. The largest absolute Gasteiger partial charge is 0.488 e. The highest BCUT2D eigenvalue weighted by Crippen LogP contribution is 2.21. The lowest BCUT2D eigenvalue weighted by Crippen LogP contribution is -2.44. The number of hydrogen-bond acceptors (Lipinski definition) is 4. The van der Waals surface area contributed by atoms with Crippen molar-refractivity contribution in [3.8, 4) is 5.75 Å². The van der Waals surface area contributed by atoms with E-state index in [2.05, 4.69) is 20.9 Å². The molecule has 0 bridgehead atoms. The van der Waals surface area contributed by atoms with Gasteiger partial charge in [-0.2, -0.15) is 0 Å². The molecule has 130 valence electrons. The number of piperidine rings is 1. The number of rotatable bonds is 4. The summed E-state index contributed by atoms with van der Waals surface area (Å²) >= 11 is 3.39. The highest BCUT2D eigenvalue weighted by Gasteiger charge is 2.26. The molecular weight excluding hydrogens is 386 g/mol. The summed E-state index contributed by atoms with van der Waals surface area (Å²) in [6.07, 6.45) is 3.06. The van der Waals surface area contributed by atoms with Crippen LogP contribution in [0.2, 0.25) is 0 Å². The smallest absolute Gasteiger partial charge is 0.267 e. The van der Waals surface area contributed by atoms with Crippen LogP contribution >= 0.6 is 15.9 Å². The van der Waals surface area contributed by atoms with Crippen molar-refractivity contribution in [3.63, 3.8) is 0 Å². The van der Waals surface area contributed by atoms with Crippen LogP contribution in [0.3, 0.4) is 0 Å². The number of aromatic nitrogens is 1. The zero-order valence-corrected chi connectivity index (χ0v) is 15.1. The Kier molecular flexibility index (Phi) is 5.33. The topological polar surface area (TPSA) is 85.5 Å². The molecule has 1 fully saturated rings. The highest BCUT2D eigenvalue weighted by molar-refractivity contribution is 9.10. The van der Waals surface area contributed by atoms with Crippen LogP contribution in [0.25, 0.3) is 0 Å². The van der Waals surface area contributed by atoms with Gasteiger partial charge < -0.3 is 15.4 Å². The minimum atomic E-state index is -0.597. The van der Waals surface area contributed by atoms with Crippen LogP contribution in [0.15, 0.2) is 47.1 Å². The van der Waals surface area contributed by atoms with Crippen molar-refractivity contribution < 1.29 is 14.3 Å². The lowest BCUT2D eigenvalue weighted by atomic mass is 10.1. The van der Waals surface area contributed by atoms with Gasteiger partial charge in [-0.15, -0.1) is 0 Å². The van der Waals surface area contributed by atoms with E-state index in [0.29, 0.717) is 24.4 Å². The van der Waals surface area contributed by atoms with Crippen LogP contribution in [-0.2, 0) is 0 Å².